The second-order valence-electron chi connectivity index (χ2n) is 3.46. The number of allylic oxidation sites excluding steroid dienone is 1. The third-order valence-corrected chi connectivity index (χ3v) is 1.18. The normalized spacial score (nSPS) is 14.8. The second-order valence-corrected chi connectivity index (χ2v) is 3.46. The Morgan fingerprint density at radius 3 is 2.17 bits per heavy atom. The average molecular weight is 174 g/mol. The first kappa shape index (κ1) is 10.9. The summed E-state index contributed by atoms with van der Waals surface area (Å²) >= 11 is 0. The van der Waals surface area contributed by atoms with E-state index in [1.807, 2.05) is 26.6 Å². The molecule has 3 N–H and O–H groups in total. The molecule has 0 aromatic rings. The molecule has 12 heavy (non-hydrogen) atoms. The molecular weight excluding hydrogens is 158 g/mol. The van der Waals surface area contributed by atoms with Gasteiger partial charge in [0.1, 0.15) is 17.6 Å². The lowest BCUT2D eigenvalue weighted by Gasteiger charge is -2.19. The molecule has 0 aliphatic carbocycles. The Bertz CT molecular complexity index is 203. The molecule has 0 spiro atoms. The number of nitrogens with zero attached hydrogens (tertiary/aromatic N) is 2. The van der Waals surface area contributed by atoms with Gasteiger partial charge in [-0.05, 0) is 6.92 Å². The molecule has 0 amide bonds. The fourth-order valence-electron chi connectivity index (χ4n) is 0.644. The number of hydroxylamine groups is 1. The molecule has 0 radical (unpaired) electrons. The topological polar surface area (TPSA) is 64.9 Å². The van der Waals surface area contributed by atoms with Gasteiger partial charge in [0.05, 0.1) is 21.1 Å². The standard InChI is InChI=1S/C7H15N3O2/c1-6(8-11)7(9-12)5-10(2,3)4/h5,9,12H,1-4H3/p+1/b7-5-,8-6-. The van der Waals surface area contributed by atoms with Crippen LogP contribution >= 0.6 is 0 Å². The molecule has 0 heterocycles. The van der Waals surface area contributed by atoms with Crippen molar-refractivity contribution >= 4 is 5.71 Å². The molecule has 0 unspecified atom stereocenters. The average Bonchev–Trinajstić information content (AvgIpc) is 1.97. The quantitative estimate of drug-likeness (QED) is 0.250. The Balaban J connectivity index is 4.67. The molecule has 70 valence electrons. The van der Waals surface area contributed by atoms with Crippen molar-refractivity contribution in [1.29, 1.82) is 0 Å². The zero-order valence-electron chi connectivity index (χ0n) is 7.87. The lowest BCUT2D eigenvalue weighted by atomic mass is 10.3. The van der Waals surface area contributed by atoms with Crippen LogP contribution in [0, 0.1) is 0 Å². The van der Waals surface area contributed by atoms with Crippen LogP contribution in [0.5, 0.6) is 0 Å². The zero-order chi connectivity index (χ0) is 9.78. The summed E-state index contributed by atoms with van der Waals surface area (Å²) in [6.45, 7) is 1.59. The van der Waals surface area contributed by atoms with E-state index in [9.17, 15) is 0 Å². The van der Waals surface area contributed by atoms with Gasteiger partial charge in [-0.1, -0.05) is 5.16 Å². The number of rotatable bonds is 3. The van der Waals surface area contributed by atoms with Crippen LogP contribution < -0.4 is 5.48 Å². The van der Waals surface area contributed by atoms with Gasteiger partial charge in [-0.15, -0.1) is 0 Å². The van der Waals surface area contributed by atoms with Crippen LogP contribution in [-0.4, -0.2) is 41.8 Å². The highest BCUT2D eigenvalue weighted by molar-refractivity contribution is 5.96. The number of oxime groups is 1. The van der Waals surface area contributed by atoms with Gasteiger partial charge in [0.25, 0.3) is 0 Å². The lowest BCUT2D eigenvalue weighted by Crippen LogP contribution is -2.30. The van der Waals surface area contributed by atoms with Gasteiger partial charge in [0.2, 0.25) is 0 Å². The van der Waals surface area contributed by atoms with Crippen molar-refractivity contribution in [2.75, 3.05) is 21.1 Å². The van der Waals surface area contributed by atoms with Gasteiger partial charge in [-0.2, -0.15) is 0 Å². The molecule has 0 saturated heterocycles. The number of nitrogens with one attached hydrogen (secondary N) is 1. The predicted molar refractivity (Wildman–Crippen MR) is 45.9 cm³/mol. The van der Waals surface area contributed by atoms with E-state index in [1.165, 1.54) is 0 Å². The van der Waals surface area contributed by atoms with E-state index in [4.69, 9.17) is 10.4 Å². The number of quaternary nitrogens is 1. The van der Waals surface area contributed by atoms with Crippen molar-refractivity contribution in [2.45, 2.75) is 6.92 Å². The van der Waals surface area contributed by atoms with Crippen LogP contribution in [0.25, 0.3) is 0 Å². The van der Waals surface area contributed by atoms with Gasteiger partial charge in [-0.3, -0.25) is 10.7 Å². The van der Waals surface area contributed by atoms with E-state index in [0.717, 1.165) is 0 Å². The Morgan fingerprint density at radius 2 is 1.92 bits per heavy atom. The van der Waals surface area contributed by atoms with Crippen molar-refractivity contribution in [3.63, 3.8) is 0 Å². The Labute approximate surface area is 72.2 Å². The summed E-state index contributed by atoms with van der Waals surface area (Å²) in [5.74, 6) is 0. The minimum atomic E-state index is 0.338. The van der Waals surface area contributed by atoms with E-state index in [2.05, 4.69) is 5.16 Å². The maximum Gasteiger partial charge on any atom is 0.138 e. The van der Waals surface area contributed by atoms with Crippen LogP contribution in [0.3, 0.4) is 0 Å². The Morgan fingerprint density at radius 1 is 1.42 bits per heavy atom. The van der Waals surface area contributed by atoms with Gasteiger partial charge in [0, 0.05) is 0 Å². The van der Waals surface area contributed by atoms with Crippen LogP contribution in [0.15, 0.2) is 17.1 Å². The van der Waals surface area contributed by atoms with E-state index in [1.54, 1.807) is 13.1 Å². The summed E-state index contributed by atoms with van der Waals surface area (Å²) in [5, 5.41) is 20.1. The molecule has 0 rings (SSSR count). The minimum Gasteiger partial charge on any atom is -0.411 e. The minimum absolute atomic E-state index is 0.338. The summed E-state index contributed by atoms with van der Waals surface area (Å²) in [4.78, 5) is 0. The summed E-state index contributed by atoms with van der Waals surface area (Å²) < 4.78 is 0.524. The van der Waals surface area contributed by atoms with Crippen molar-refractivity contribution in [1.82, 2.24) is 5.48 Å². The van der Waals surface area contributed by atoms with E-state index in [-0.39, 0.29) is 0 Å². The van der Waals surface area contributed by atoms with Crippen molar-refractivity contribution < 1.29 is 14.9 Å². The molecule has 5 heteroatoms. The van der Waals surface area contributed by atoms with Crippen LogP contribution in [-0.2, 0) is 0 Å². The maximum absolute atomic E-state index is 8.67. The molecule has 0 aromatic carbocycles. The molecule has 0 atom stereocenters. The third-order valence-electron chi connectivity index (χ3n) is 1.18. The van der Waals surface area contributed by atoms with E-state index >= 15 is 0 Å². The Kier molecular flexibility index (Phi) is 3.72. The van der Waals surface area contributed by atoms with Crippen molar-refractivity contribution in [3.8, 4) is 0 Å². The maximum atomic E-state index is 8.67. The van der Waals surface area contributed by atoms with Gasteiger partial charge >= 0.3 is 0 Å². The summed E-state index contributed by atoms with van der Waals surface area (Å²) in [7, 11) is 5.76. The zero-order valence-corrected chi connectivity index (χ0v) is 7.87. The number of hydrogen-bond acceptors (Lipinski definition) is 4. The van der Waals surface area contributed by atoms with E-state index in [0.29, 0.717) is 15.9 Å². The summed E-state index contributed by atoms with van der Waals surface area (Å²) in [6, 6.07) is 0. The van der Waals surface area contributed by atoms with E-state index < -0.39 is 0 Å². The second kappa shape index (κ2) is 4.08. The largest absolute Gasteiger partial charge is 0.411 e. The SMILES string of the molecule is CC(=N/O)/C(=C/[N+](C)(C)C)NO. The Hall–Kier alpha value is -1.07. The number of hydrogen-bond donors (Lipinski definition) is 3. The van der Waals surface area contributed by atoms with Crippen molar-refractivity contribution in [3.05, 3.63) is 11.9 Å². The third kappa shape index (κ3) is 3.95. The first-order valence-corrected chi connectivity index (χ1v) is 3.54. The molecule has 0 aliphatic heterocycles. The van der Waals surface area contributed by atoms with Gasteiger partial charge in [0.15, 0.2) is 0 Å². The molecule has 0 saturated carbocycles. The van der Waals surface area contributed by atoms with Gasteiger partial charge < -0.3 is 9.69 Å². The predicted octanol–water partition coefficient (Wildman–Crippen LogP) is 0.363. The highest BCUT2D eigenvalue weighted by atomic mass is 16.5. The fraction of sp³-hybridized carbons (Fsp3) is 0.571. The van der Waals surface area contributed by atoms with Crippen LogP contribution in [0.2, 0.25) is 0 Å². The molecule has 0 bridgehead atoms. The highest BCUT2D eigenvalue weighted by Gasteiger charge is 2.09. The highest BCUT2D eigenvalue weighted by Crippen LogP contribution is 1.99. The molecule has 0 aliphatic rings. The fourth-order valence-corrected chi connectivity index (χ4v) is 0.644. The molecule has 0 aromatic heterocycles. The lowest BCUT2D eigenvalue weighted by molar-refractivity contribution is -0.817. The van der Waals surface area contributed by atoms with Gasteiger partial charge in [-0.25, -0.2) is 0 Å². The first-order chi connectivity index (χ1) is 5.40. The van der Waals surface area contributed by atoms with Crippen molar-refractivity contribution in [2.24, 2.45) is 5.16 Å². The van der Waals surface area contributed by atoms with Crippen LogP contribution in [0.4, 0.5) is 0 Å². The molecular formula is C7H16N3O2+. The molecule has 0 fully saturated rings. The van der Waals surface area contributed by atoms with Crippen LogP contribution in [0.1, 0.15) is 6.92 Å². The monoisotopic (exact) mass is 174 g/mol. The summed E-state index contributed by atoms with van der Waals surface area (Å²) in [5.41, 5.74) is 2.70. The molecule has 5 nitrogen and oxygen atoms in total. The smallest absolute Gasteiger partial charge is 0.138 e. The summed E-state index contributed by atoms with van der Waals surface area (Å²) in [6.07, 6.45) is 1.72. The first-order valence-electron chi connectivity index (χ1n) is 3.54.